The van der Waals surface area contributed by atoms with Gasteiger partial charge in [0.15, 0.2) is 0 Å². The van der Waals surface area contributed by atoms with E-state index in [4.69, 9.17) is 0 Å². The highest BCUT2D eigenvalue weighted by atomic mass is 32.2. The third-order valence-corrected chi connectivity index (χ3v) is 5.20. The Morgan fingerprint density at radius 2 is 1.58 bits per heavy atom. The van der Waals surface area contributed by atoms with Crippen LogP contribution in [-0.4, -0.2) is 22.2 Å². The van der Waals surface area contributed by atoms with Crippen LogP contribution in [0, 0.1) is 13.8 Å². The Kier molecular flexibility index (Phi) is 3.65. The molecule has 5 heteroatoms. The van der Waals surface area contributed by atoms with E-state index in [0.29, 0.717) is 0 Å². The first kappa shape index (κ1) is 15.0. The van der Waals surface area contributed by atoms with Crippen LogP contribution in [0.2, 0.25) is 0 Å². The lowest BCUT2D eigenvalue weighted by atomic mass is 10.2. The van der Waals surface area contributed by atoms with Gasteiger partial charge in [-0.05, 0) is 44.2 Å². The van der Waals surface area contributed by atoms with Gasteiger partial charge in [0.25, 0.3) is 5.91 Å². The Morgan fingerprint density at radius 1 is 1.00 bits per heavy atom. The van der Waals surface area contributed by atoms with Crippen LogP contribution in [0.1, 0.15) is 16.2 Å². The summed E-state index contributed by atoms with van der Waals surface area (Å²) in [6, 6.07) is 18.3. The molecule has 0 N–H and O–H groups in total. The lowest BCUT2D eigenvalue weighted by molar-refractivity contribution is 0.0905. The Hall–Kier alpha value is -2.53. The van der Waals surface area contributed by atoms with E-state index >= 15 is 0 Å². The van der Waals surface area contributed by atoms with Crippen molar-refractivity contribution in [2.24, 2.45) is 0 Å². The molecule has 0 spiro atoms. The van der Waals surface area contributed by atoms with Crippen molar-refractivity contribution >= 4 is 29.0 Å². The van der Waals surface area contributed by atoms with Crippen LogP contribution in [0.5, 0.6) is 0 Å². The summed E-state index contributed by atoms with van der Waals surface area (Å²) in [4.78, 5) is 17.2. The summed E-state index contributed by atoms with van der Waals surface area (Å²) in [6.07, 6.45) is 0. The van der Waals surface area contributed by atoms with Crippen LogP contribution < -0.4 is 4.90 Å². The van der Waals surface area contributed by atoms with Gasteiger partial charge in [0, 0.05) is 15.5 Å². The van der Waals surface area contributed by atoms with Gasteiger partial charge in [0.05, 0.1) is 17.1 Å². The molecular weight excluding hydrogens is 318 g/mol. The molecule has 0 atom stereocenters. The average Bonchev–Trinajstić information content (AvgIpc) is 2.93. The van der Waals surface area contributed by atoms with E-state index in [1.54, 1.807) is 11.8 Å². The minimum Gasteiger partial charge on any atom is -0.330 e. The summed E-state index contributed by atoms with van der Waals surface area (Å²) in [5, 5.41) is 4.32. The van der Waals surface area contributed by atoms with Gasteiger partial charge in [-0.3, -0.25) is 4.79 Å². The molecule has 0 bridgehead atoms. The molecule has 0 fully saturated rings. The topological polar surface area (TPSA) is 38.1 Å². The highest BCUT2D eigenvalue weighted by Crippen LogP contribution is 2.47. The van der Waals surface area contributed by atoms with E-state index in [1.165, 1.54) is 4.68 Å². The maximum Gasteiger partial charge on any atom is 0.267 e. The number of hydrogen-bond donors (Lipinski definition) is 0. The molecule has 1 aromatic heterocycles. The zero-order chi connectivity index (χ0) is 16.7. The fourth-order valence-electron chi connectivity index (χ4n) is 3.04. The van der Waals surface area contributed by atoms with Crippen molar-refractivity contribution in [1.82, 2.24) is 9.78 Å². The van der Waals surface area contributed by atoms with Crippen LogP contribution in [0.4, 0.5) is 11.4 Å². The Morgan fingerprint density at radius 3 is 2.12 bits per heavy atom. The van der Waals surface area contributed by atoms with Crippen LogP contribution in [0.3, 0.4) is 0 Å². The van der Waals surface area contributed by atoms with Crippen molar-refractivity contribution in [3.05, 3.63) is 66.0 Å². The van der Waals surface area contributed by atoms with E-state index in [0.717, 1.165) is 32.6 Å². The third-order valence-electron chi connectivity index (χ3n) is 4.07. The fourth-order valence-corrected chi connectivity index (χ4v) is 4.13. The van der Waals surface area contributed by atoms with E-state index in [-0.39, 0.29) is 12.5 Å². The second-order valence-corrected chi connectivity index (χ2v) is 6.94. The van der Waals surface area contributed by atoms with E-state index in [1.807, 2.05) is 44.2 Å². The van der Waals surface area contributed by atoms with E-state index < -0.39 is 0 Å². The first-order valence-electron chi connectivity index (χ1n) is 7.83. The Balaban J connectivity index is 1.75. The molecule has 2 aromatic carbocycles. The standard InChI is InChI=1S/C19H17N3OS/c1-13-11-14(2)22(20-13)19(23)12-21-15-7-3-5-9-17(15)24-18-10-6-4-8-16(18)21/h3-11H,12H2,1-2H3. The molecule has 24 heavy (non-hydrogen) atoms. The quantitative estimate of drug-likeness (QED) is 0.694. The second kappa shape index (κ2) is 5.83. The van der Waals surface area contributed by atoms with Gasteiger partial charge in [-0.1, -0.05) is 36.0 Å². The summed E-state index contributed by atoms with van der Waals surface area (Å²) >= 11 is 1.74. The molecule has 0 saturated carbocycles. The number of hydrogen-bond acceptors (Lipinski definition) is 4. The molecule has 1 aliphatic rings. The Bertz CT molecular complexity index is 886. The van der Waals surface area contributed by atoms with Gasteiger partial charge in [0.1, 0.15) is 6.54 Å². The van der Waals surface area contributed by atoms with Crippen molar-refractivity contribution in [2.45, 2.75) is 23.6 Å². The maximum absolute atomic E-state index is 12.8. The number of aromatic nitrogens is 2. The van der Waals surface area contributed by atoms with Crippen LogP contribution in [0.25, 0.3) is 0 Å². The first-order chi connectivity index (χ1) is 11.6. The van der Waals surface area contributed by atoms with Gasteiger partial charge >= 0.3 is 0 Å². The maximum atomic E-state index is 12.8. The summed E-state index contributed by atoms with van der Waals surface area (Å²) in [6.45, 7) is 4.07. The summed E-state index contributed by atoms with van der Waals surface area (Å²) < 4.78 is 1.50. The smallest absolute Gasteiger partial charge is 0.267 e. The normalized spacial score (nSPS) is 12.7. The molecule has 4 rings (SSSR count). The molecular formula is C19H17N3OS. The largest absolute Gasteiger partial charge is 0.330 e. The van der Waals surface area contributed by atoms with Gasteiger partial charge in [-0.25, -0.2) is 4.68 Å². The third kappa shape index (κ3) is 2.51. The van der Waals surface area contributed by atoms with Crippen molar-refractivity contribution in [3.8, 4) is 0 Å². The number of aryl methyl sites for hydroxylation is 2. The molecule has 4 nitrogen and oxygen atoms in total. The lowest BCUT2D eigenvalue weighted by Gasteiger charge is -2.32. The molecule has 120 valence electrons. The summed E-state index contributed by atoms with van der Waals surface area (Å²) in [5.41, 5.74) is 3.86. The highest BCUT2D eigenvalue weighted by molar-refractivity contribution is 7.99. The summed E-state index contributed by atoms with van der Waals surface area (Å²) in [7, 11) is 0. The van der Waals surface area contributed by atoms with E-state index in [2.05, 4.69) is 34.3 Å². The highest BCUT2D eigenvalue weighted by Gasteiger charge is 2.25. The molecule has 2 heterocycles. The number of rotatable bonds is 2. The zero-order valence-electron chi connectivity index (χ0n) is 13.6. The minimum absolute atomic E-state index is 0.0305. The SMILES string of the molecule is Cc1cc(C)n(C(=O)CN2c3ccccc3Sc3ccccc32)n1. The predicted molar refractivity (Wildman–Crippen MR) is 96.3 cm³/mol. The number of benzene rings is 2. The lowest BCUT2D eigenvalue weighted by Crippen LogP contribution is -2.31. The van der Waals surface area contributed by atoms with Crippen molar-refractivity contribution in [3.63, 3.8) is 0 Å². The predicted octanol–water partition coefficient (Wildman–Crippen LogP) is 4.44. The number of nitrogens with zero attached hydrogens (tertiary/aromatic N) is 3. The average molecular weight is 335 g/mol. The van der Waals surface area contributed by atoms with Crippen LogP contribution in [-0.2, 0) is 0 Å². The second-order valence-electron chi connectivity index (χ2n) is 5.86. The number of fused-ring (bicyclic) bond motifs is 2. The van der Waals surface area contributed by atoms with Crippen molar-refractivity contribution in [2.75, 3.05) is 11.4 Å². The monoisotopic (exact) mass is 335 g/mol. The molecule has 0 aliphatic carbocycles. The Labute approximate surface area is 145 Å². The van der Waals surface area contributed by atoms with Crippen LogP contribution in [0.15, 0.2) is 64.4 Å². The number of carbonyl (C=O) groups is 1. The van der Waals surface area contributed by atoms with Crippen molar-refractivity contribution in [1.29, 1.82) is 0 Å². The zero-order valence-corrected chi connectivity index (χ0v) is 14.4. The number of anilines is 2. The summed E-state index contributed by atoms with van der Waals surface area (Å²) in [5.74, 6) is -0.0305. The number of carbonyl (C=O) groups excluding carboxylic acids is 1. The molecule has 0 saturated heterocycles. The molecule has 1 aliphatic heterocycles. The fraction of sp³-hybridized carbons (Fsp3) is 0.158. The molecule has 0 unspecified atom stereocenters. The molecule has 0 radical (unpaired) electrons. The minimum atomic E-state index is -0.0305. The van der Waals surface area contributed by atoms with Gasteiger partial charge < -0.3 is 4.90 Å². The molecule has 3 aromatic rings. The van der Waals surface area contributed by atoms with Crippen LogP contribution >= 0.6 is 11.8 Å². The number of para-hydroxylation sites is 2. The van der Waals surface area contributed by atoms with Gasteiger partial charge in [0.2, 0.25) is 0 Å². The molecule has 0 amide bonds. The van der Waals surface area contributed by atoms with Gasteiger partial charge in [-0.2, -0.15) is 5.10 Å². The van der Waals surface area contributed by atoms with E-state index in [9.17, 15) is 4.79 Å². The van der Waals surface area contributed by atoms with Gasteiger partial charge in [-0.15, -0.1) is 0 Å². The first-order valence-corrected chi connectivity index (χ1v) is 8.65. The van der Waals surface area contributed by atoms with Crippen molar-refractivity contribution < 1.29 is 4.79 Å².